The molecule has 0 radical (unpaired) electrons. The van der Waals surface area contributed by atoms with Crippen molar-refractivity contribution in [2.75, 3.05) is 5.32 Å². The molecule has 1 aromatic heterocycles. The lowest BCUT2D eigenvalue weighted by Gasteiger charge is -2.07. The fourth-order valence-electron chi connectivity index (χ4n) is 1.53. The minimum atomic E-state index is -1.28. The lowest BCUT2D eigenvalue weighted by Crippen LogP contribution is -2.17. The second-order valence-corrected chi connectivity index (χ2v) is 3.78. The van der Waals surface area contributed by atoms with Gasteiger partial charge in [0.2, 0.25) is 0 Å². The van der Waals surface area contributed by atoms with Crippen molar-refractivity contribution in [1.82, 2.24) is 4.98 Å². The van der Waals surface area contributed by atoms with Gasteiger partial charge in [-0.1, -0.05) is 0 Å². The van der Waals surface area contributed by atoms with E-state index in [1.54, 1.807) is 0 Å². The van der Waals surface area contributed by atoms with Gasteiger partial charge in [-0.15, -0.1) is 0 Å². The first-order valence-corrected chi connectivity index (χ1v) is 5.44. The van der Waals surface area contributed by atoms with Crippen molar-refractivity contribution in [2.24, 2.45) is 0 Å². The van der Waals surface area contributed by atoms with Gasteiger partial charge in [-0.2, -0.15) is 0 Å². The van der Waals surface area contributed by atoms with Gasteiger partial charge < -0.3 is 10.4 Å². The van der Waals surface area contributed by atoms with Gasteiger partial charge in [0, 0.05) is 12.3 Å². The summed E-state index contributed by atoms with van der Waals surface area (Å²) in [4.78, 5) is 26.5. The van der Waals surface area contributed by atoms with Crippen LogP contribution in [0.5, 0.6) is 0 Å². The summed E-state index contributed by atoms with van der Waals surface area (Å²) in [6.07, 6.45) is 1.28. The molecule has 0 bridgehead atoms. The summed E-state index contributed by atoms with van der Waals surface area (Å²) in [6.45, 7) is 0. The van der Waals surface area contributed by atoms with Gasteiger partial charge in [-0.25, -0.2) is 18.6 Å². The molecule has 7 heteroatoms. The number of anilines is 1. The van der Waals surface area contributed by atoms with Crippen molar-refractivity contribution >= 4 is 17.7 Å². The SMILES string of the molecule is O=C(Nc1ncccc1C(=O)O)c1ccc(F)cc1F. The second-order valence-electron chi connectivity index (χ2n) is 3.78. The highest BCUT2D eigenvalue weighted by Gasteiger charge is 2.17. The Hall–Kier alpha value is -2.83. The molecular formula is C13H8F2N2O3. The van der Waals surface area contributed by atoms with Gasteiger partial charge in [0.05, 0.1) is 5.56 Å². The number of nitrogens with zero attached hydrogens (tertiary/aromatic N) is 1. The zero-order valence-corrected chi connectivity index (χ0v) is 9.93. The number of benzene rings is 1. The molecule has 2 rings (SSSR count). The third kappa shape index (κ3) is 2.77. The van der Waals surface area contributed by atoms with Crippen LogP contribution < -0.4 is 5.32 Å². The van der Waals surface area contributed by atoms with Crippen molar-refractivity contribution in [2.45, 2.75) is 0 Å². The maximum Gasteiger partial charge on any atom is 0.339 e. The Labute approximate surface area is 111 Å². The second kappa shape index (κ2) is 5.43. The van der Waals surface area contributed by atoms with Crippen LogP contribution >= 0.6 is 0 Å². The molecule has 1 aromatic carbocycles. The van der Waals surface area contributed by atoms with Gasteiger partial charge in [0.25, 0.3) is 5.91 Å². The molecule has 1 heterocycles. The summed E-state index contributed by atoms with van der Waals surface area (Å²) in [6, 6.07) is 5.08. The Bertz CT molecular complexity index is 689. The molecule has 0 spiro atoms. The number of amides is 1. The summed E-state index contributed by atoms with van der Waals surface area (Å²) < 4.78 is 26.2. The Morgan fingerprint density at radius 3 is 2.55 bits per heavy atom. The topological polar surface area (TPSA) is 79.3 Å². The van der Waals surface area contributed by atoms with Crippen LogP contribution in [0.1, 0.15) is 20.7 Å². The maximum atomic E-state index is 13.4. The van der Waals surface area contributed by atoms with E-state index in [1.165, 1.54) is 18.3 Å². The van der Waals surface area contributed by atoms with Crippen molar-refractivity contribution in [3.8, 4) is 0 Å². The first kappa shape index (κ1) is 13.6. The van der Waals surface area contributed by atoms with Gasteiger partial charge in [0.15, 0.2) is 0 Å². The average molecular weight is 278 g/mol. The molecule has 0 atom stereocenters. The van der Waals surface area contributed by atoms with E-state index in [-0.39, 0.29) is 11.4 Å². The number of pyridine rings is 1. The smallest absolute Gasteiger partial charge is 0.339 e. The molecule has 2 N–H and O–H groups in total. The summed E-state index contributed by atoms with van der Waals surface area (Å²) in [7, 11) is 0. The van der Waals surface area contributed by atoms with Crippen LogP contribution in [-0.2, 0) is 0 Å². The largest absolute Gasteiger partial charge is 0.478 e. The zero-order chi connectivity index (χ0) is 14.7. The number of carbonyl (C=O) groups is 2. The van der Waals surface area contributed by atoms with E-state index in [2.05, 4.69) is 10.3 Å². The molecule has 20 heavy (non-hydrogen) atoms. The Morgan fingerprint density at radius 1 is 1.15 bits per heavy atom. The molecule has 0 unspecified atom stereocenters. The van der Waals surface area contributed by atoms with Crippen LogP contribution in [0.2, 0.25) is 0 Å². The molecule has 0 aliphatic rings. The summed E-state index contributed by atoms with van der Waals surface area (Å²) in [5.74, 6) is -4.27. The van der Waals surface area contributed by atoms with Crippen LogP contribution in [0, 0.1) is 11.6 Å². The van der Waals surface area contributed by atoms with Gasteiger partial charge >= 0.3 is 5.97 Å². The van der Waals surface area contributed by atoms with Crippen LogP contribution in [0.15, 0.2) is 36.5 Å². The number of halogens is 2. The first-order valence-electron chi connectivity index (χ1n) is 5.44. The highest BCUT2D eigenvalue weighted by Crippen LogP contribution is 2.15. The quantitative estimate of drug-likeness (QED) is 0.903. The monoisotopic (exact) mass is 278 g/mol. The number of carbonyl (C=O) groups excluding carboxylic acids is 1. The van der Waals surface area contributed by atoms with E-state index in [4.69, 9.17) is 5.11 Å². The fourth-order valence-corrected chi connectivity index (χ4v) is 1.53. The Balaban J connectivity index is 2.30. The maximum absolute atomic E-state index is 13.4. The highest BCUT2D eigenvalue weighted by atomic mass is 19.1. The fraction of sp³-hybridized carbons (Fsp3) is 0. The van der Waals surface area contributed by atoms with E-state index in [9.17, 15) is 18.4 Å². The van der Waals surface area contributed by atoms with Crippen molar-refractivity contribution in [1.29, 1.82) is 0 Å². The Kier molecular flexibility index (Phi) is 3.69. The van der Waals surface area contributed by atoms with E-state index in [0.29, 0.717) is 6.07 Å². The van der Waals surface area contributed by atoms with E-state index in [1.807, 2.05) is 0 Å². The molecule has 0 aliphatic carbocycles. The van der Waals surface area contributed by atoms with E-state index < -0.39 is 29.1 Å². The number of aromatic nitrogens is 1. The predicted octanol–water partition coefficient (Wildman–Crippen LogP) is 2.31. The molecular weight excluding hydrogens is 270 g/mol. The molecule has 2 aromatic rings. The molecule has 0 fully saturated rings. The van der Waals surface area contributed by atoms with Crippen molar-refractivity contribution in [3.63, 3.8) is 0 Å². The number of nitrogens with one attached hydrogen (secondary N) is 1. The number of hydrogen-bond acceptors (Lipinski definition) is 3. The minimum Gasteiger partial charge on any atom is -0.478 e. The van der Waals surface area contributed by atoms with Gasteiger partial charge in [-0.05, 0) is 24.3 Å². The minimum absolute atomic E-state index is 0.214. The molecule has 5 nitrogen and oxygen atoms in total. The van der Waals surface area contributed by atoms with Crippen LogP contribution in [0.4, 0.5) is 14.6 Å². The van der Waals surface area contributed by atoms with Gasteiger partial charge in [0.1, 0.15) is 23.0 Å². The van der Waals surface area contributed by atoms with Crippen LogP contribution in [-0.4, -0.2) is 22.0 Å². The van der Waals surface area contributed by atoms with E-state index >= 15 is 0 Å². The number of aromatic carboxylic acids is 1. The standard InChI is InChI=1S/C13H8F2N2O3/c14-7-3-4-8(10(15)6-7)12(18)17-11-9(13(19)20)2-1-5-16-11/h1-6H,(H,19,20)(H,16,17,18). The van der Waals surface area contributed by atoms with E-state index in [0.717, 1.165) is 12.1 Å². The highest BCUT2D eigenvalue weighted by molar-refractivity contribution is 6.06. The normalized spacial score (nSPS) is 10.1. The third-order valence-corrected chi connectivity index (χ3v) is 2.45. The number of hydrogen-bond donors (Lipinski definition) is 2. The molecule has 102 valence electrons. The van der Waals surface area contributed by atoms with Crippen LogP contribution in [0.3, 0.4) is 0 Å². The van der Waals surface area contributed by atoms with Crippen molar-refractivity contribution in [3.05, 3.63) is 59.3 Å². The molecule has 1 amide bonds. The number of carboxylic acid groups (broad SMARTS) is 1. The lowest BCUT2D eigenvalue weighted by atomic mass is 10.2. The van der Waals surface area contributed by atoms with Gasteiger partial charge in [-0.3, -0.25) is 4.79 Å². The lowest BCUT2D eigenvalue weighted by molar-refractivity contribution is 0.0697. The first-order chi connectivity index (χ1) is 9.49. The molecule has 0 aliphatic heterocycles. The predicted molar refractivity (Wildman–Crippen MR) is 65.5 cm³/mol. The number of rotatable bonds is 3. The van der Waals surface area contributed by atoms with Crippen LogP contribution in [0.25, 0.3) is 0 Å². The molecule has 0 saturated heterocycles. The summed E-state index contributed by atoms with van der Waals surface area (Å²) in [5, 5.41) is 11.1. The Morgan fingerprint density at radius 2 is 1.90 bits per heavy atom. The van der Waals surface area contributed by atoms with Crippen molar-refractivity contribution < 1.29 is 23.5 Å². The number of carboxylic acids is 1. The third-order valence-electron chi connectivity index (χ3n) is 2.45. The summed E-state index contributed by atoms with van der Waals surface area (Å²) >= 11 is 0. The summed E-state index contributed by atoms with van der Waals surface area (Å²) in [5.41, 5.74) is -0.642. The average Bonchev–Trinajstić information content (AvgIpc) is 2.38. The molecule has 0 saturated carbocycles. The zero-order valence-electron chi connectivity index (χ0n) is 9.93.